The minimum absolute atomic E-state index is 0.151. The molecule has 9 heteroatoms. The van der Waals surface area contributed by atoms with E-state index in [1.165, 1.54) is 19.3 Å². The van der Waals surface area contributed by atoms with Gasteiger partial charge in [-0.1, -0.05) is 126 Å². The van der Waals surface area contributed by atoms with Crippen LogP contribution in [-0.2, 0) is 14.3 Å². The number of allylic oxidation sites excluding steroid dienone is 10. The maximum Gasteiger partial charge on any atom is 0.220 e. The van der Waals surface area contributed by atoms with Gasteiger partial charge in [-0.3, -0.25) is 4.79 Å². The standard InChI is InChI=1S/C40H69NO8/c1-3-5-7-8-9-10-11-12-13-14-15-16-17-18-19-20-21-22-23-24-25-26-28-30-36(44)41-33(34(43)29-27-6-4-2)32-48-40-39(47)38(46)37(45)35(31-42)49-40/h5,7,9-10,12-13,15-16,18-19,33-35,37-40,42-43,45-47H,3-4,6,8,11,14,17,20-32H2,1-2H3,(H,41,44)/b7-5-,10-9-,13-12-,16-15-,19-18-. The normalized spacial score (nSPS) is 23.1. The van der Waals surface area contributed by atoms with Crippen molar-refractivity contribution in [3.63, 3.8) is 0 Å². The average Bonchev–Trinajstić information content (AvgIpc) is 3.10. The quantitative estimate of drug-likeness (QED) is 0.0385. The molecule has 1 rings (SSSR count). The van der Waals surface area contributed by atoms with Crippen LogP contribution in [0.4, 0.5) is 0 Å². The maximum absolute atomic E-state index is 12.7. The lowest BCUT2D eigenvalue weighted by molar-refractivity contribution is -0.302. The van der Waals surface area contributed by atoms with Gasteiger partial charge < -0.3 is 40.3 Å². The predicted molar refractivity (Wildman–Crippen MR) is 198 cm³/mol. The molecule has 7 unspecified atom stereocenters. The summed E-state index contributed by atoms with van der Waals surface area (Å²) in [5, 5.41) is 53.4. The molecule has 1 amide bonds. The molecule has 49 heavy (non-hydrogen) atoms. The maximum atomic E-state index is 12.7. The minimum Gasteiger partial charge on any atom is -0.394 e. The van der Waals surface area contributed by atoms with Crippen LogP contribution < -0.4 is 5.32 Å². The molecule has 0 aromatic rings. The van der Waals surface area contributed by atoms with Gasteiger partial charge in [-0.25, -0.2) is 0 Å². The molecule has 0 aromatic heterocycles. The van der Waals surface area contributed by atoms with Gasteiger partial charge in [0.2, 0.25) is 5.91 Å². The Morgan fingerprint density at radius 3 is 1.84 bits per heavy atom. The molecule has 282 valence electrons. The number of ether oxygens (including phenoxy) is 2. The molecule has 1 aliphatic heterocycles. The Morgan fingerprint density at radius 2 is 1.27 bits per heavy atom. The first-order valence-electron chi connectivity index (χ1n) is 19.0. The Bertz CT molecular complexity index is 947. The van der Waals surface area contributed by atoms with Crippen LogP contribution in [0.1, 0.15) is 129 Å². The highest BCUT2D eigenvalue weighted by Gasteiger charge is 2.44. The van der Waals surface area contributed by atoms with E-state index < -0.39 is 49.5 Å². The van der Waals surface area contributed by atoms with Crippen molar-refractivity contribution in [1.29, 1.82) is 0 Å². The molecule has 0 radical (unpaired) electrons. The number of nitrogens with one attached hydrogen (secondary N) is 1. The lowest BCUT2D eigenvalue weighted by Crippen LogP contribution is -2.60. The van der Waals surface area contributed by atoms with Gasteiger partial charge in [0.05, 0.1) is 25.4 Å². The van der Waals surface area contributed by atoms with Gasteiger partial charge in [-0.2, -0.15) is 0 Å². The highest BCUT2D eigenvalue weighted by atomic mass is 16.7. The van der Waals surface area contributed by atoms with Crippen molar-refractivity contribution in [2.24, 2.45) is 0 Å². The van der Waals surface area contributed by atoms with Crippen LogP contribution in [0.2, 0.25) is 0 Å². The van der Waals surface area contributed by atoms with E-state index in [4.69, 9.17) is 9.47 Å². The monoisotopic (exact) mass is 692 g/mol. The summed E-state index contributed by atoms with van der Waals surface area (Å²) >= 11 is 0. The fourth-order valence-corrected chi connectivity index (χ4v) is 5.54. The van der Waals surface area contributed by atoms with Gasteiger partial charge in [0.25, 0.3) is 0 Å². The van der Waals surface area contributed by atoms with E-state index in [-0.39, 0.29) is 12.5 Å². The summed E-state index contributed by atoms with van der Waals surface area (Å²) in [5.74, 6) is -0.172. The molecule has 1 heterocycles. The fraction of sp³-hybridized carbons (Fsp3) is 0.725. The highest BCUT2D eigenvalue weighted by Crippen LogP contribution is 2.22. The first kappa shape index (κ1) is 44.9. The molecular weight excluding hydrogens is 622 g/mol. The third-order valence-electron chi connectivity index (χ3n) is 8.64. The fourth-order valence-electron chi connectivity index (χ4n) is 5.54. The summed E-state index contributed by atoms with van der Waals surface area (Å²) < 4.78 is 11.1. The summed E-state index contributed by atoms with van der Waals surface area (Å²) in [4.78, 5) is 12.7. The first-order chi connectivity index (χ1) is 23.8. The Balaban J connectivity index is 2.19. The van der Waals surface area contributed by atoms with Crippen molar-refractivity contribution in [2.45, 2.75) is 172 Å². The number of carbonyl (C=O) groups is 1. The van der Waals surface area contributed by atoms with Crippen LogP contribution in [0, 0.1) is 0 Å². The molecule has 0 saturated carbocycles. The van der Waals surface area contributed by atoms with Crippen LogP contribution >= 0.6 is 0 Å². The van der Waals surface area contributed by atoms with E-state index in [1.807, 2.05) is 0 Å². The molecular formula is C40H69NO8. The molecule has 1 aliphatic rings. The summed E-state index contributed by atoms with van der Waals surface area (Å²) in [6, 6.07) is -0.723. The number of amides is 1. The van der Waals surface area contributed by atoms with Gasteiger partial charge in [-0.15, -0.1) is 0 Å². The Labute approximate surface area is 296 Å². The van der Waals surface area contributed by atoms with Gasteiger partial charge >= 0.3 is 0 Å². The van der Waals surface area contributed by atoms with Crippen LogP contribution in [0.3, 0.4) is 0 Å². The zero-order valence-electron chi connectivity index (χ0n) is 30.4. The molecule has 0 spiro atoms. The van der Waals surface area contributed by atoms with Gasteiger partial charge in [0.15, 0.2) is 6.29 Å². The van der Waals surface area contributed by atoms with E-state index >= 15 is 0 Å². The number of aliphatic hydroxyl groups excluding tert-OH is 5. The number of hydrogen-bond acceptors (Lipinski definition) is 8. The van der Waals surface area contributed by atoms with Crippen molar-refractivity contribution in [1.82, 2.24) is 5.32 Å². The van der Waals surface area contributed by atoms with Gasteiger partial charge in [-0.05, 0) is 57.8 Å². The number of rotatable bonds is 29. The van der Waals surface area contributed by atoms with Crippen LogP contribution in [-0.4, -0.2) is 87.5 Å². The lowest BCUT2D eigenvalue weighted by Gasteiger charge is -2.40. The van der Waals surface area contributed by atoms with Crippen molar-refractivity contribution in [2.75, 3.05) is 13.2 Å². The molecule has 0 bridgehead atoms. The number of carbonyl (C=O) groups excluding carboxylic acids is 1. The SMILES string of the molecule is CC/C=C\C/C=C\C/C=C\C/C=C\C/C=C\CCCCCCCCCC(=O)NC(COC1OC(CO)C(O)C(O)C1O)C(O)CCCCC. The zero-order chi connectivity index (χ0) is 36.0. The van der Waals surface area contributed by atoms with E-state index in [1.54, 1.807) is 0 Å². The van der Waals surface area contributed by atoms with Gasteiger partial charge in [0.1, 0.15) is 24.4 Å². The second-order valence-corrected chi connectivity index (χ2v) is 13.0. The molecule has 6 N–H and O–H groups in total. The topological polar surface area (TPSA) is 149 Å². The van der Waals surface area contributed by atoms with Crippen molar-refractivity contribution >= 4 is 5.91 Å². The Morgan fingerprint density at radius 1 is 0.714 bits per heavy atom. The Kier molecular flexibility index (Phi) is 28.1. The molecule has 9 nitrogen and oxygen atoms in total. The molecule has 7 atom stereocenters. The largest absolute Gasteiger partial charge is 0.394 e. The average molecular weight is 692 g/mol. The van der Waals surface area contributed by atoms with E-state index in [0.717, 1.165) is 83.5 Å². The summed E-state index contributed by atoms with van der Waals surface area (Å²) in [6.07, 6.45) is 31.7. The van der Waals surface area contributed by atoms with Crippen LogP contribution in [0.5, 0.6) is 0 Å². The van der Waals surface area contributed by atoms with E-state index in [0.29, 0.717) is 12.8 Å². The molecule has 1 fully saturated rings. The van der Waals surface area contributed by atoms with Gasteiger partial charge in [0, 0.05) is 6.42 Å². The number of unbranched alkanes of at least 4 members (excludes halogenated alkanes) is 9. The summed E-state index contributed by atoms with van der Waals surface area (Å²) in [7, 11) is 0. The predicted octanol–water partition coefficient (Wildman–Crippen LogP) is 6.49. The van der Waals surface area contributed by atoms with E-state index in [2.05, 4.69) is 79.9 Å². The minimum atomic E-state index is -1.55. The van der Waals surface area contributed by atoms with E-state index in [9.17, 15) is 30.3 Å². The van der Waals surface area contributed by atoms with Crippen molar-refractivity contribution in [3.05, 3.63) is 60.8 Å². The second kappa shape index (κ2) is 30.7. The molecule has 0 aromatic carbocycles. The lowest BCUT2D eigenvalue weighted by atomic mass is 9.99. The number of aliphatic hydroxyl groups is 5. The molecule has 1 saturated heterocycles. The third-order valence-corrected chi connectivity index (χ3v) is 8.64. The second-order valence-electron chi connectivity index (χ2n) is 13.0. The van der Waals surface area contributed by atoms with Crippen LogP contribution in [0.15, 0.2) is 60.8 Å². The highest BCUT2D eigenvalue weighted by molar-refractivity contribution is 5.76. The van der Waals surface area contributed by atoms with Crippen molar-refractivity contribution in [3.8, 4) is 0 Å². The number of hydrogen-bond donors (Lipinski definition) is 6. The third kappa shape index (κ3) is 22.4. The van der Waals surface area contributed by atoms with Crippen molar-refractivity contribution < 1.29 is 39.8 Å². The molecule has 0 aliphatic carbocycles. The smallest absolute Gasteiger partial charge is 0.220 e. The van der Waals surface area contributed by atoms with Crippen LogP contribution in [0.25, 0.3) is 0 Å². The zero-order valence-corrected chi connectivity index (χ0v) is 30.4. The summed E-state index contributed by atoms with van der Waals surface area (Å²) in [6.45, 7) is 3.51. The first-order valence-corrected chi connectivity index (χ1v) is 19.0. The Hall–Kier alpha value is -2.11. The summed E-state index contributed by atoms with van der Waals surface area (Å²) in [5.41, 5.74) is 0.